The van der Waals surface area contributed by atoms with Gasteiger partial charge in [0.25, 0.3) is 5.69 Å². The van der Waals surface area contributed by atoms with Crippen LogP contribution in [0.25, 0.3) is 15.7 Å². The lowest BCUT2D eigenvalue weighted by atomic mass is 10.2. The van der Waals surface area contributed by atoms with Crippen molar-refractivity contribution in [2.45, 2.75) is 6.92 Å². The number of ether oxygens (including phenoxy) is 1. The largest absolute Gasteiger partial charge is 0.446 e. The minimum absolute atomic E-state index is 0.0372. The number of benzene rings is 2. The van der Waals surface area contributed by atoms with Crippen LogP contribution in [0.3, 0.4) is 0 Å². The number of rotatable bonds is 5. The molecule has 1 N–H and O–H groups in total. The first kappa shape index (κ1) is 23.5. The first-order valence-electron chi connectivity index (χ1n) is 11.5. The van der Waals surface area contributed by atoms with E-state index in [-0.39, 0.29) is 34.0 Å². The standard InChI is InChI=1S/C26H25F2N7O/c1-16-13-19-22(28)21(14-20(27)24(19)34(16)4)36-26-23(29-2)25(30-15-31-26)32-17-5-7-18(8-6-17)35-11-9-33(3)10-12-35/h5-8,13-15H,9-12H2,1,3-4H3,(H,30,31,32). The van der Waals surface area contributed by atoms with Gasteiger partial charge in [-0.05, 0) is 44.3 Å². The fourth-order valence-corrected chi connectivity index (χ4v) is 4.33. The minimum Gasteiger partial charge on any atom is -0.446 e. The summed E-state index contributed by atoms with van der Waals surface area (Å²) in [4.78, 5) is 16.3. The van der Waals surface area contributed by atoms with Gasteiger partial charge in [-0.1, -0.05) is 0 Å². The van der Waals surface area contributed by atoms with Crippen LogP contribution in [0.5, 0.6) is 11.6 Å². The second-order valence-electron chi connectivity index (χ2n) is 8.83. The van der Waals surface area contributed by atoms with Crippen molar-refractivity contribution < 1.29 is 13.5 Å². The lowest BCUT2D eigenvalue weighted by Gasteiger charge is -2.34. The number of hydrogen-bond acceptors (Lipinski definition) is 6. The van der Waals surface area contributed by atoms with E-state index in [1.807, 2.05) is 24.3 Å². The summed E-state index contributed by atoms with van der Waals surface area (Å²) < 4.78 is 37.1. The zero-order valence-electron chi connectivity index (χ0n) is 20.2. The molecule has 0 spiro atoms. The van der Waals surface area contributed by atoms with Crippen LogP contribution >= 0.6 is 0 Å². The molecule has 1 fully saturated rings. The summed E-state index contributed by atoms with van der Waals surface area (Å²) in [6.07, 6.45) is 1.21. The second-order valence-corrected chi connectivity index (χ2v) is 8.83. The average Bonchev–Trinajstić information content (AvgIpc) is 3.18. The predicted octanol–water partition coefficient (Wildman–Crippen LogP) is 5.39. The summed E-state index contributed by atoms with van der Waals surface area (Å²) in [6, 6.07) is 10.4. The third-order valence-corrected chi connectivity index (χ3v) is 6.52. The fourth-order valence-electron chi connectivity index (χ4n) is 4.33. The zero-order chi connectivity index (χ0) is 25.4. The van der Waals surface area contributed by atoms with Crippen LogP contribution in [0.1, 0.15) is 5.69 Å². The molecule has 10 heteroatoms. The summed E-state index contributed by atoms with van der Waals surface area (Å²) in [7, 11) is 3.78. The van der Waals surface area contributed by atoms with Crippen LogP contribution < -0.4 is 15.0 Å². The second kappa shape index (κ2) is 9.43. The number of nitrogens with one attached hydrogen (secondary N) is 1. The van der Waals surface area contributed by atoms with Crippen molar-refractivity contribution in [3.05, 3.63) is 71.5 Å². The monoisotopic (exact) mass is 489 g/mol. The quantitative estimate of drug-likeness (QED) is 0.379. The number of aryl methyl sites for hydroxylation is 2. The molecule has 0 aliphatic carbocycles. The Kier molecular flexibility index (Phi) is 6.16. The molecular formula is C26H25F2N7O. The van der Waals surface area contributed by atoms with Gasteiger partial charge in [0, 0.05) is 61.7 Å². The molecule has 8 nitrogen and oxygen atoms in total. The Morgan fingerprint density at radius 2 is 1.75 bits per heavy atom. The summed E-state index contributed by atoms with van der Waals surface area (Å²) in [5.41, 5.74) is 2.65. The molecule has 2 aromatic carbocycles. The van der Waals surface area contributed by atoms with Gasteiger partial charge in [-0.3, -0.25) is 0 Å². The maximum absolute atomic E-state index is 15.2. The van der Waals surface area contributed by atoms with Crippen LogP contribution in [0, 0.1) is 25.1 Å². The highest BCUT2D eigenvalue weighted by atomic mass is 19.1. The number of anilines is 3. The predicted molar refractivity (Wildman–Crippen MR) is 135 cm³/mol. The van der Waals surface area contributed by atoms with Crippen molar-refractivity contribution in [3.63, 3.8) is 0 Å². The van der Waals surface area contributed by atoms with Crippen molar-refractivity contribution in [1.82, 2.24) is 19.4 Å². The molecule has 3 heterocycles. The molecule has 1 aliphatic rings. The lowest BCUT2D eigenvalue weighted by Crippen LogP contribution is -2.44. The molecule has 2 aromatic heterocycles. The van der Waals surface area contributed by atoms with E-state index in [9.17, 15) is 4.39 Å². The molecule has 5 rings (SSSR count). The Balaban J connectivity index is 1.40. The van der Waals surface area contributed by atoms with Crippen LogP contribution in [0.2, 0.25) is 0 Å². The Labute approximate surface area is 207 Å². The third kappa shape index (κ3) is 4.29. The van der Waals surface area contributed by atoms with Crippen molar-refractivity contribution in [2.24, 2.45) is 7.05 Å². The highest BCUT2D eigenvalue weighted by Crippen LogP contribution is 2.39. The minimum atomic E-state index is -0.723. The number of fused-ring (bicyclic) bond motifs is 1. The number of nitrogens with zero attached hydrogens (tertiary/aromatic N) is 6. The van der Waals surface area contributed by atoms with E-state index in [2.05, 4.69) is 37.0 Å². The Hall–Kier alpha value is -4.23. The van der Waals surface area contributed by atoms with Gasteiger partial charge in [0.1, 0.15) is 12.1 Å². The maximum Gasteiger partial charge on any atom is 0.288 e. The summed E-state index contributed by atoms with van der Waals surface area (Å²) in [5.74, 6) is -1.66. The highest BCUT2D eigenvalue weighted by molar-refractivity contribution is 5.84. The Bertz CT molecular complexity index is 1470. The van der Waals surface area contributed by atoms with E-state index < -0.39 is 11.6 Å². The SMILES string of the molecule is [C-]#[N+]c1c(Nc2ccc(N3CCN(C)CC3)cc2)ncnc1Oc1cc(F)c2c(cc(C)n2C)c1F. The van der Waals surface area contributed by atoms with E-state index >= 15 is 4.39 Å². The molecule has 1 aliphatic heterocycles. The van der Waals surface area contributed by atoms with Gasteiger partial charge >= 0.3 is 0 Å². The Morgan fingerprint density at radius 3 is 2.44 bits per heavy atom. The highest BCUT2D eigenvalue weighted by Gasteiger charge is 2.21. The van der Waals surface area contributed by atoms with Crippen LogP contribution in [0.4, 0.5) is 31.7 Å². The van der Waals surface area contributed by atoms with Gasteiger partial charge in [-0.2, -0.15) is 0 Å². The van der Waals surface area contributed by atoms with E-state index in [1.165, 1.54) is 6.33 Å². The van der Waals surface area contributed by atoms with Gasteiger partial charge in [0.15, 0.2) is 17.4 Å². The third-order valence-electron chi connectivity index (χ3n) is 6.52. The first-order valence-corrected chi connectivity index (χ1v) is 11.5. The van der Waals surface area contributed by atoms with E-state index in [0.717, 1.165) is 43.6 Å². The number of hydrogen-bond donors (Lipinski definition) is 1. The molecule has 1 saturated heterocycles. The van der Waals surface area contributed by atoms with Gasteiger partial charge in [-0.15, -0.1) is 0 Å². The molecule has 0 bridgehead atoms. The molecule has 0 radical (unpaired) electrons. The first-order chi connectivity index (χ1) is 17.4. The van der Waals surface area contributed by atoms with E-state index in [4.69, 9.17) is 11.3 Å². The van der Waals surface area contributed by atoms with E-state index in [1.54, 1.807) is 24.6 Å². The smallest absolute Gasteiger partial charge is 0.288 e. The normalized spacial score (nSPS) is 14.2. The van der Waals surface area contributed by atoms with Crippen molar-refractivity contribution in [1.29, 1.82) is 0 Å². The molecular weight excluding hydrogens is 464 g/mol. The molecule has 184 valence electrons. The topological polar surface area (TPSA) is 62.8 Å². The van der Waals surface area contributed by atoms with E-state index in [0.29, 0.717) is 5.69 Å². The fraction of sp³-hybridized carbons (Fsp3) is 0.269. The van der Waals surface area contributed by atoms with Crippen LogP contribution in [-0.4, -0.2) is 52.7 Å². The van der Waals surface area contributed by atoms with Gasteiger partial charge in [-0.25, -0.2) is 23.6 Å². The molecule has 0 amide bonds. The molecule has 36 heavy (non-hydrogen) atoms. The number of halogens is 2. The average molecular weight is 490 g/mol. The molecule has 0 atom stereocenters. The Morgan fingerprint density at radius 1 is 1.03 bits per heavy atom. The summed E-state index contributed by atoms with van der Waals surface area (Å²) >= 11 is 0. The summed E-state index contributed by atoms with van der Waals surface area (Å²) in [5, 5.41) is 3.21. The summed E-state index contributed by atoms with van der Waals surface area (Å²) in [6.45, 7) is 13.4. The number of likely N-dealkylation sites (N-methyl/N-ethyl adjacent to an activating group) is 1. The molecule has 0 unspecified atom stereocenters. The van der Waals surface area contributed by atoms with Gasteiger partial charge in [0.2, 0.25) is 5.88 Å². The van der Waals surface area contributed by atoms with Crippen LogP contribution in [0.15, 0.2) is 42.7 Å². The molecule has 0 saturated carbocycles. The maximum atomic E-state index is 15.2. The van der Waals surface area contributed by atoms with Gasteiger partial charge in [0.05, 0.1) is 12.1 Å². The molecule has 4 aromatic rings. The van der Waals surface area contributed by atoms with Crippen LogP contribution in [-0.2, 0) is 7.05 Å². The van der Waals surface area contributed by atoms with Crippen molar-refractivity contribution >= 4 is 33.8 Å². The lowest BCUT2D eigenvalue weighted by molar-refractivity contribution is 0.313. The number of piperazine rings is 1. The zero-order valence-corrected chi connectivity index (χ0v) is 20.2. The van der Waals surface area contributed by atoms with Crippen molar-refractivity contribution in [2.75, 3.05) is 43.4 Å². The number of aromatic nitrogens is 3. The van der Waals surface area contributed by atoms with Crippen molar-refractivity contribution in [3.8, 4) is 11.6 Å². The van der Waals surface area contributed by atoms with Gasteiger partial charge < -0.3 is 24.4 Å².